The molecular weight excluding hydrogens is 166 g/mol. The van der Waals surface area contributed by atoms with Gasteiger partial charge in [-0.25, -0.2) is 0 Å². The van der Waals surface area contributed by atoms with Crippen molar-refractivity contribution in [2.45, 2.75) is 39.2 Å². The van der Waals surface area contributed by atoms with Crippen LogP contribution >= 0.6 is 0 Å². The first-order valence-electron chi connectivity index (χ1n) is 5.23. The second kappa shape index (κ2) is 9.96. The predicted octanol–water partition coefficient (Wildman–Crippen LogP) is 1.16. The van der Waals surface area contributed by atoms with Gasteiger partial charge in [0.1, 0.15) is 0 Å². The van der Waals surface area contributed by atoms with Gasteiger partial charge in [0.05, 0.1) is 6.61 Å². The molecule has 0 fully saturated rings. The summed E-state index contributed by atoms with van der Waals surface area (Å²) in [7, 11) is 0. The molecule has 2 N–H and O–H groups in total. The third-order valence-electron chi connectivity index (χ3n) is 2.05. The summed E-state index contributed by atoms with van der Waals surface area (Å²) in [5, 5.41) is 11.9. The molecule has 0 rings (SSSR count). The van der Waals surface area contributed by atoms with Crippen molar-refractivity contribution >= 4 is 0 Å². The summed E-state index contributed by atoms with van der Waals surface area (Å²) in [6.45, 7) is 7.08. The average Bonchev–Trinajstić information content (AvgIpc) is 2.16. The molecule has 0 aliphatic rings. The number of hydrogen-bond donors (Lipinski definition) is 2. The van der Waals surface area contributed by atoms with E-state index in [0.717, 1.165) is 39.0 Å². The lowest BCUT2D eigenvalue weighted by molar-refractivity contribution is 0.125. The van der Waals surface area contributed by atoms with Gasteiger partial charge in [0.15, 0.2) is 0 Å². The molecule has 3 heteroatoms. The Labute approximate surface area is 81.5 Å². The third-order valence-corrected chi connectivity index (χ3v) is 2.05. The fourth-order valence-corrected chi connectivity index (χ4v) is 0.940. The number of nitrogens with one attached hydrogen (secondary N) is 1. The van der Waals surface area contributed by atoms with E-state index in [0.29, 0.717) is 6.04 Å². The van der Waals surface area contributed by atoms with Crippen molar-refractivity contribution in [1.29, 1.82) is 0 Å². The minimum absolute atomic E-state index is 0.272. The van der Waals surface area contributed by atoms with Crippen molar-refractivity contribution in [3.8, 4) is 0 Å². The fraction of sp³-hybridized carbons (Fsp3) is 1.00. The molecule has 0 saturated heterocycles. The fourth-order valence-electron chi connectivity index (χ4n) is 0.940. The van der Waals surface area contributed by atoms with Crippen LogP contribution in [0.2, 0.25) is 0 Å². The summed E-state index contributed by atoms with van der Waals surface area (Å²) in [6.07, 6.45) is 2.96. The van der Waals surface area contributed by atoms with Crippen LogP contribution in [0.1, 0.15) is 33.1 Å². The van der Waals surface area contributed by atoms with Crippen LogP contribution in [0, 0.1) is 0 Å². The van der Waals surface area contributed by atoms with Gasteiger partial charge in [0, 0.05) is 25.8 Å². The Morgan fingerprint density at radius 1 is 1.31 bits per heavy atom. The molecule has 0 aromatic heterocycles. The van der Waals surface area contributed by atoms with Gasteiger partial charge in [-0.15, -0.1) is 0 Å². The lowest BCUT2D eigenvalue weighted by atomic mass is 10.3. The monoisotopic (exact) mass is 189 g/mol. The summed E-state index contributed by atoms with van der Waals surface area (Å²) < 4.78 is 5.36. The van der Waals surface area contributed by atoms with E-state index in [1.54, 1.807) is 0 Å². The van der Waals surface area contributed by atoms with Crippen LogP contribution in [0.25, 0.3) is 0 Å². The second-order valence-electron chi connectivity index (χ2n) is 3.31. The molecule has 0 spiro atoms. The first kappa shape index (κ1) is 12.9. The summed E-state index contributed by atoms with van der Waals surface area (Å²) in [5.74, 6) is 0. The number of aliphatic hydroxyl groups is 1. The van der Waals surface area contributed by atoms with Crippen LogP contribution in [0.3, 0.4) is 0 Å². The number of aliphatic hydroxyl groups excluding tert-OH is 1. The van der Waals surface area contributed by atoms with E-state index in [9.17, 15) is 0 Å². The Bertz CT molecular complexity index is 98.9. The van der Waals surface area contributed by atoms with Gasteiger partial charge in [-0.2, -0.15) is 0 Å². The van der Waals surface area contributed by atoms with Gasteiger partial charge >= 0.3 is 0 Å². The standard InChI is InChI=1S/C10H23NO2/c1-3-10(2)11-6-9-13-8-5-4-7-12/h10-12H,3-9H2,1-2H3. The van der Waals surface area contributed by atoms with Crippen LogP contribution in [0.5, 0.6) is 0 Å². The van der Waals surface area contributed by atoms with Crippen molar-refractivity contribution in [3.05, 3.63) is 0 Å². The SMILES string of the molecule is CCC(C)NCCOCCCCO. The summed E-state index contributed by atoms with van der Waals surface area (Å²) in [5.41, 5.74) is 0. The highest BCUT2D eigenvalue weighted by molar-refractivity contribution is 4.56. The first-order valence-corrected chi connectivity index (χ1v) is 5.23. The Hall–Kier alpha value is -0.120. The van der Waals surface area contributed by atoms with Crippen molar-refractivity contribution < 1.29 is 9.84 Å². The zero-order valence-corrected chi connectivity index (χ0v) is 8.88. The van der Waals surface area contributed by atoms with E-state index in [2.05, 4.69) is 19.2 Å². The second-order valence-corrected chi connectivity index (χ2v) is 3.31. The molecule has 0 aromatic rings. The molecule has 0 aromatic carbocycles. The van der Waals surface area contributed by atoms with Crippen molar-refractivity contribution in [2.75, 3.05) is 26.4 Å². The van der Waals surface area contributed by atoms with Gasteiger partial charge in [0.25, 0.3) is 0 Å². The Kier molecular flexibility index (Phi) is 9.87. The quantitative estimate of drug-likeness (QED) is 0.535. The Morgan fingerprint density at radius 2 is 2.08 bits per heavy atom. The van der Waals surface area contributed by atoms with Crippen molar-refractivity contribution in [3.63, 3.8) is 0 Å². The van der Waals surface area contributed by atoms with Crippen LogP contribution in [0.15, 0.2) is 0 Å². The lowest BCUT2D eigenvalue weighted by Crippen LogP contribution is -2.28. The highest BCUT2D eigenvalue weighted by Gasteiger charge is 1.95. The molecule has 0 heterocycles. The normalized spacial score (nSPS) is 13.2. The van der Waals surface area contributed by atoms with Gasteiger partial charge < -0.3 is 15.2 Å². The topological polar surface area (TPSA) is 41.5 Å². The lowest BCUT2D eigenvalue weighted by Gasteiger charge is -2.10. The molecule has 13 heavy (non-hydrogen) atoms. The number of ether oxygens (including phenoxy) is 1. The number of rotatable bonds is 9. The highest BCUT2D eigenvalue weighted by atomic mass is 16.5. The molecule has 3 nitrogen and oxygen atoms in total. The van der Waals surface area contributed by atoms with Crippen molar-refractivity contribution in [1.82, 2.24) is 5.32 Å². The van der Waals surface area contributed by atoms with Crippen LogP contribution in [-0.2, 0) is 4.74 Å². The van der Waals surface area contributed by atoms with E-state index < -0.39 is 0 Å². The zero-order valence-electron chi connectivity index (χ0n) is 8.88. The smallest absolute Gasteiger partial charge is 0.0590 e. The molecule has 0 bridgehead atoms. The van der Waals surface area contributed by atoms with Gasteiger partial charge in [0.2, 0.25) is 0 Å². The molecule has 0 aliphatic carbocycles. The average molecular weight is 189 g/mol. The first-order chi connectivity index (χ1) is 6.31. The molecular formula is C10H23NO2. The minimum atomic E-state index is 0.272. The molecule has 80 valence electrons. The number of unbranched alkanes of at least 4 members (excludes halogenated alkanes) is 1. The highest BCUT2D eigenvalue weighted by Crippen LogP contribution is 1.89. The predicted molar refractivity (Wildman–Crippen MR) is 54.9 cm³/mol. The van der Waals surface area contributed by atoms with Crippen LogP contribution < -0.4 is 5.32 Å². The maximum Gasteiger partial charge on any atom is 0.0590 e. The minimum Gasteiger partial charge on any atom is -0.396 e. The van der Waals surface area contributed by atoms with Gasteiger partial charge in [-0.3, -0.25) is 0 Å². The van der Waals surface area contributed by atoms with E-state index in [1.807, 2.05) is 0 Å². The van der Waals surface area contributed by atoms with E-state index in [-0.39, 0.29) is 6.61 Å². The molecule has 0 amide bonds. The van der Waals surface area contributed by atoms with Crippen LogP contribution in [0.4, 0.5) is 0 Å². The van der Waals surface area contributed by atoms with Gasteiger partial charge in [-0.1, -0.05) is 6.92 Å². The molecule has 0 saturated carbocycles. The largest absolute Gasteiger partial charge is 0.396 e. The van der Waals surface area contributed by atoms with Gasteiger partial charge in [-0.05, 0) is 26.2 Å². The molecule has 1 atom stereocenters. The van der Waals surface area contributed by atoms with E-state index in [4.69, 9.17) is 9.84 Å². The summed E-state index contributed by atoms with van der Waals surface area (Å²) in [4.78, 5) is 0. The van der Waals surface area contributed by atoms with E-state index in [1.165, 1.54) is 0 Å². The maximum atomic E-state index is 8.51. The maximum absolute atomic E-state index is 8.51. The number of hydrogen-bond acceptors (Lipinski definition) is 3. The summed E-state index contributed by atoms with van der Waals surface area (Å²) >= 11 is 0. The molecule has 1 unspecified atom stereocenters. The summed E-state index contributed by atoms with van der Waals surface area (Å²) in [6, 6.07) is 0.584. The molecule has 0 aliphatic heterocycles. The Morgan fingerprint density at radius 3 is 2.69 bits per heavy atom. The van der Waals surface area contributed by atoms with E-state index >= 15 is 0 Å². The van der Waals surface area contributed by atoms with Crippen molar-refractivity contribution in [2.24, 2.45) is 0 Å². The third kappa shape index (κ3) is 9.80. The van der Waals surface area contributed by atoms with Crippen LogP contribution in [-0.4, -0.2) is 37.5 Å². The zero-order chi connectivity index (χ0) is 9.94. The molecule has 0 radical (unpaired) electrons. The Balaban J connectivity index is 2.91.